The first-order chi connectivity index (χ1) is 14.0. The van der Waals surface area contributed by atoms with Crippen LogP contribution in [0.15, 0.2) is 88.9 Å². The molecule has 0 saturated carbocycles. The number of hydrogen-bond donors (Lipinski definition) is 1. The third-order valence-electron chi connectivity index (χ3n) is 4.82. The molecule has 2 aromatic heterocycles. The Morgan fingerprint density at radius 1 is 1.00 bits per heavy atom. The fourth-order valence-electron chi connectivity index (χ4n) is 3.19. The Hall–Kier alpha value is -3.45. The van der Waals surface area contributed by atoms with Crippen molar-refractivity contribution in [3.8, 4) is 0 Å². The van der Waals surface area contributed by atoms with E-state index in [2.05, 4.69) is 10.3 Å². The van der Waals surface area contributed by atoms with Gasteiger partial charge in [0, 0.05) is 25.2 Å². The maximum absolute atomic E-state index is 12.6. The van der Waals surface area contributed by atoms with E-state index in [1.54, 1.807) is 71.6 Å². The van der Waals surface area contributed by atoms with Crippen LogP contribution in [0.4, 0.5) is 0 Å². The van der Waals surface area contributed by atoms with Crippen molar-refractivity contribution < 1.29 is 13.2 Å². The first-order valence-electron chi connectivity index (χ1n) is 9.03. The van der Waals surface area contributed by atoms with Gasteiger partial charge in [-0.05, 0) is 42.0 Å². The summed E-state index contributed by atoms with van der Waals surface area (Å²) in [4.78, 5) is 17.1. The van der Waals surface area contributed by atoms with Crippen LogP contribution >= 0.6 is 0 Å². The highest BCUT2D eigenvalue weighted by atomic mass is 32.2. The predicted octanol–water partition coefficient (Wildman–Crippen LogP) is 3.34. The number of carbonyl (C=O) groups is 1. The molecule has 146 valence electrons. The molecule has 0 spiro atoms. The van der Waals surface area contributed by atoms with Gasteiger partial charge in [0.25, 0.3) is 5.91 Å². The molecule has 2 aromatic carbocycles. The lowest BCUT2D eigenvalue weighted by molar-refractivity contribution is 0.0943. The number of sulfone groups is 1. The third-order valence-corrected chi connectivity index (χ3v) is 6.61. The van der Waals surface area contributed by atoms with Crippen LogP contribution in [0.25, 0.3) is 10.9 Å². The van der Waals surface area contributed by atoms with Crippen molar-refractivity contribution in [3.63, 3.8) is 0 Å². The summed E-state index contributed by atoms with van der Waals surface area (Å²) in [6.07, 6.45) is 3.41. The van der Waals surface area contributed by atoms with Crippen LogP contribution in [0.1, 0.15) is 16.1 Å². The van der Waals surface area contributed by atoms with Gasteiger partial charge in [-0.2, -0.15) is 0 Å². The summed E-state index contributed by atoms with van der Waals surface area (Å²) in [5, 5.41) is 3.82. The van der Waals surface area contributed by atoms with E-state index in [0.717, 1.165) is 16.5 Å². The Morgan fingerprint density at radius 2 is 1.69 bits per heavy atom. The first-order valence-corrected chi connectivity index (χ1v) is 10.5. The maximum atomic E-state index is 12.6. The summed E-state index contributed by atoms with van der Waals surface area (Å²) in [5.74, 6) is -0.204. The summed E-state index contributed by atoms with van der Waals surface area (Å²) in [7, 11) is -1.73. The fraction of sp³-hybridized carbons (Fsp3) is 0.0909. The Kier molecular flexibility index (Phi) is 4.90. The minimum absolute atomic E-state index is 0.204. The number of aryl methyl sites for hydroxylation is 1. The molecule has 0 radical (unpaired) electrons. The fourth-order valence-corrected chi connectivity index (χ4v) is 4.47. The van der Waals surface area contributed by atoms with Gasteiger partial charge in [0.15, 0.2) is 0 Å². The Bertz CT molecular complexity index is 1280. The van der Waals surface area contributed by atoms with Gasteiger partial charge in [0.1, 0.15) is 5.69 Å². The van der Waals surface area contributed by atoms with Crippen molar-refractivity contribution in [2.75, 3.05) is 0 Å². The smallest absolute Gasteiger partial charge is 0.268 e. The van der Waals surface area contributed by atoms with Crippen molar-refractivity contribution in [2.45, 2.75) is 16.3 Å². The number of pyridine rings is 1. The van der Waals surface area contributed by atoms with Gasteiger partial charge in [-0.15, -0.1) is 0 Å². The van der Waals surface area contributed by atoms with E-state index in [9.17, 15) is 13.2 Å². The lowest BCUT2D eigenvalue weighted by atomic mass is 10.2. The van der Waals surface area contributed by atoms with E-state index < -0.39 is 9.84 Å². The van der Waals surface area contributed by atoms with E-state index in [0.29, 0.717) is 12.2 Å². The Balaban J connectivity index is 1.48. The number of fused-ring (bicyclic) bond motifs is 1. The number of benzene rings is 2. The van der Waals surface area contributed by atoms with E-state index in [1.807, 2.05) is 19.2 Å². The number of nitrogens with one attached hydrogen (secondary N) is 1. The summed E-state index contributed by atoms with van der Waals surface area (Å²) in [6.45, 7) is 0.296. The zero-order valence-corrected chi connectivity index (χ0v) is 16.6. The van der Waals surface area contributed by atoms with Crippen LogP contribution in [0.3, 0.4) is 0 Å². The number of rotatable bonds is 5. The van der Waals surface area contributed by atoms with Crippen LogP contribution in [0, 0.1) is 0 Å². The standard InChI is InChI=1S/C22H19N3O3S/c1-25-20(13-17-11-12-23-15-21(17)25)22(26)24-14-16-7-9-19(10-8-16)29(27,28)18-5-3-2-4-6-18/h2-13,15H,14H2,1H3,(H,24,26). The largest absolute Gasteiger partial charge is 0.347 e. The van der Waals surface area contributed by atoms with Gasteiger partial charge < -0.3 is 9.88 Å². The lowest BCUT2D eigenvalue weighted by Crippen LogP contribution is -2.24. The molecule has 0 saturated heterocycles. The van der Waals surface area contributed by atoms with Gasteiger partial charge in [0.05, 0.1) is 21.5 Å². The van der Waals surface area contributed by atoms with E-state index in [1.165, 1.54) is 0 Å². The molecule has 6 nitrogen and oxygen atoms in total. The quantitative estimate of drug-likeness (QED) is 0.552. The zero-order valence-electron chi connectivity index (χ0n) is 15.7. The van der Waals surface area contributed by atoms with E-state index in [4.69, 9.17) is 0 Å². The van der Waals surface area contributed by atoms with Crippen molar-refractivity contribution in [1.82, 2.24) is 14.9 Å². The molecule has 0 aliphatic carbocycles. The normalized spacial score (nSPS) is 11.5. The predicted molar refractivity (Wildman–Crippen MR) is 110 cm³/mol. The van der Waals surface area contributed by atoms with Gasteiger partial charge in [-0.25, -0.2) is 8.42 Å². The first kappa shape index (κ1) is 18.9. The highest BCUT2D eigenvalue weighted by molar-refractivity contribution is 7.91. The zero-order chi connectivity index (χ0) is 20.4. The van der Waals surface area contributed by atoms with Crippen molar-refractivity contribution in [3.05, 3.63) is 90.4 Å². The maximum Gasteiger partial charge on any atom is 0.268 e. The number of aromatic nitrogens is 2. The van der Waals surface area contributed by atoms with Crippen molar-refractivity contribution >= 4 is 26.6 Å². The van der Waals surface area contributed by atoms with Crippen LogP contribution in [0.2, 0.25) is 0 Å². The van der Waals surface area contributed by atoms with Crippen molar-refractivity contribution in [2.24, 2.45) is 7.05 Å². The molecule has 29 heavy (non-hydrogen) atoms. The number of nitrogens with zero attached hydrogens (tertiary/aromatic N) is 2. The topological polar surface area (TPSA) is 81.1 Å². The lowest BCUT2D eigenvalue weighted by Gasteiger charge is -2.08. The summed E-state index contributed by atoms with van der Waals surface area (Å²) in [5.41, 5.74) is 2.23. The molecular formula is C22H19N3O3S. The summed E-state index contributed by atoms with van der Waals surface area (Å²) in [6, 6.07) is 18.5. The van der Waals surface area contributed by atoms with Gasteiger partial charge in [-0.3, -0.25) is 9.78 Å². The van der Waals surface area contributed by atoms with Crippen LogP contribution in [-0.2, 0) is 23.4 Å². The number of hydrogen-bond acceptors (Lipinski definition) is 4. The highest BCUT2D eigenvalue weighted by Gasteiger charge is 2.17. The van der Waals surface area contributed by atoms with Gasteiger partial charge in [0.2, 0.25) is 9.84 Å². The second-order valence-corrected chi connectivity index (χ2v) is 8.62. The second-order valence-electron chi connectivity index (χ2n) is 6.67. The average Bonchev–Trinajstić information content (AvgIpc) is 3.10. The molecule has 0 atom stereocenters. The average molecular weight is 405 g/mol. The van der Waals surface area contributed by atoms with Gasteiger partial charge >= 0.3 is 0 Å². The minimum Gasteiger partial charge on any atom is -0.347 e. The highest BCUT2D eigenvalue weighted by Crippen LogP contribution is 2.21. The molecule has 2 heterocycles. The molecule has 7 heteroatoms. The van der Waals surface area contributed by atoms with E-state index in [-0.39, 0.29) is 15.7 Å². The Labute approximate surface area is 168 Å². The minimum atomic E-state index is -3.55. The SMILES string of the molecule is Cn1c(C(=O)NCc2ccc(S(=O)(=O)c3ccccc3)cc2)cc2ccncc21. The molecular weight excluding hydrogens is 386 g/mol. The molecule has 0 fully saturated rings. The molecule has 0 aliphatic rings. The van der Waals surface area contributed by atoms with Crippen LogP contribution < -0.4 is 5.32 Å². The molecule has 0 unspecified atom stereocenters. The number of amides is 1. The number of carbonyl (C=O) groups excluding carboxylic acids is 1. The van der Waals surface area contributed by atoms with Crippen LogP contribution in [-0.4, -0.2) is 23.9 Å². The molecule has 4 rings (SSSR count). The summed E-state index contributed by atoms with van der Waals surface area (Å²) < 4.78 is 27.1. The van der Waals surface area contributed by atoms with E-state index >= 15 is 0 Å². The van der Waals surface area contributed by atoms with Crippen LogP contribution in [0.5, 0.6) is 0 Å². The second kappa shape index (κ2) is 7.52. The summed E-state index contributed by atoms with van der Waals surface area (Å²) >= 11 is 0. The molecule has 0 bridgehead atoms. The molecule has 4 aromatic rings. The molecule has 0 aliphatic heterocycles. The van der Waals surface area contributed by atoms with Gasteiger partial charge in [-0.1, -0.05) is 30.3 Å². The monoisotopic (exact) mass is 405 g/mol. The van der Waals surface area contributed by atoms with Crippen molar-refractivity contribution in [1.29, 1.82) is 0 Å². The third kappa shape index (κ3) is 3.64. The molecule has 1 amide bonds. The Morgan fingerprint density at radius 3 is 2.38 bits per heavy atom. The molecule has 1 N–H and O–H groups in total.